The first-order valence-electron chi connectivity index (χ1n) is 11.0. The van der Waals surface area contributed by atoms with Crippen molar-refractivity contribution in [3.8, 4) is 17.0 Å². The molecule has 0 spiro atoms. The molecule has 0 fully saturated rings. The molecule has 1 aliphatic rings. The number of rotatable bonds is 8. The molecule has 1 aromatic heterocycles. The molecule has 0 bridgehead atoms. The second-order valence-corrected chi connectivity index (χ2v) is 8.07. The number of fused-ring (bicyclic) bond motifs is 1. The molecule has 6 nitrogen and oxygen atoms in total. The van der Waals surface area contributed by atoms with Crippen molar-refractivity contribution in [1.29, 1.82) is 0 Å². The number of aromatic amines is 1. The molecular weight excluding hydrogens is 388 g/mol. The van der Waals surface area contributed by atoms with Gasteiger partial charge in [0.15, 0.2) is 5.82 Å². The molecule has 4 rings (SSSR count). The summed E-state index contributed by atoms with van der Waals surface area (Å²) < 4.78 is 5.51. The largest absolute Gasteiger partial charge is 0.496 e. The molecule has 2 aromatic carbocycles. The second kappa shape index (κ2) is 9.79. The lowest BCUT2D eigenvalue weighted by molar-refractivity contribution is -0.118. The van der Waals surface area contributed by atoms with E-state index in [1.54, 1.807) is 7.11 Å². The van der Waals surface area contributed by atoms with E-state index in [2.05, 4.69) is 33.8 Å². The van der Waals surface area contributed by atoms with E-state index in [4.69, 9.17) is 4.74 Å². The highest BCUT2D eigenvalue weighted by Crippen LogP contribution is 2.30. The van der Waals surface area contributed by atoms with Crippen LogP contribution in [-0.2, 0) is 17.6 Å². The number of nitrogens with one attached hydrogen (secondary N) is 3. The number of aromatic nitrogens is 2. The van der Waals surface area contributed by atoms with Crippen LogP contribution >= 0.6 is 0 Å². The highest BCUT2D eigenvalue weighted by molar-refractivity contribution is 5.94. The zero-order chi connectivity index (χ0) is 21.6. The van der Waals surface area contributed by atoms with Crippen molar-refractivity contribution in [3.05, 3.63) is 65.7 Å². The Hall–Kier alpha value is -3.12. The van der Waals surface area contributed by atoms with E-state index in [9.17, 15) is 4.79 Å². The van der Waals surface area contributed by atoms with Gasteiger partial charge in [0, 0.05) is 12.1 Å². The first-order chi connectivity index (χ1) is 15.2. The Morgan fingerprint density at radius 1 is 1.23 bits per heavy atom. The van der Waals surface area contributed by atoms with Gasteiger partial charge in [0.25, 0.3) is 0 Å². The fourth-order valence-corrected chi connectivity index (χ4v) is 4.33. The number of hydrogen-bond donors (Lipinski definition) is 3. The van der Waals surface area contributed by atoms with E-state index in [-0.39, 0.29) is 18.0 Å². The summed E-state index contributed by atoms with van der Waals surface area (Å²) in [6.07, 6.45) is 4.56. The Kier molecular flexibility index (Phi) is 6.67. The molecule has 162 valence electrons. The molecule has 31 heavy (non-hydrogen) atoms. The maximum absolute atomic E-state index is 13.0. The SMILES string of the molecule is CCC[C@H](NC1CCc2c(cccc2OC)C1)C(=O)Nc1cc(-c2ccccc2)[nH]n1. The van der Waals surface area contributed by atoms with Crippen molar-refractivity contribution in [1.82, 2.24) is 15.5 Å². The van der Waals surface area contributed by atoms with Crippen LogP contribution in [0, 0.1) is 0 Å². The Bertz CT molecular complexity index is 1020. The van der Waals surface area contributed by atoms with Crippen LogP contribution in [0.15, 0.2) is 54.6 Å². The summed E-state index contributed by atoms with van der Waals surface area (Å²) in [4.78, 5) is 13.0. The monoisotopic (exact) mass is 418 g/mol. The smallest absolute Gasteiger partial charge is 0.242 e. The van der Waals surface area contributed by atoms with Crippen LogP contribution in [0.25, 0.3) is 11.3 Å². The predicted molar refractivity (Wildman–Crippen MR) is 123 cm³/mol. The van der Waals surface area contributed by atoms with Crippen LogP contribution in [0.4, 0.5) is 5.82 Å². The summed E-state index contributed by atoms with van der Waals surface area (Å²) in [5.41, 5.74) is 4.52. The number of H-pyrrole nitrogens is 1. The van der Waals surface area contributed by atoms with Gasteiger partial charge in [-0.05, 0) is 48.4 Å². The fourth-order valence-electron chi connectivity index (χ4n) is 4.33. The summed E-state index contributed by atoms with van der Waals surface area (Å²) in [5.74, 6) is 1.47. The number of amides is 1. The number of nitrogens with zero attached hydrogens (tertiary/aromatic N) is 1. The first-order valence-corrected chi connectivity index (χ1v) is 11.0. The van der Waals surface area contributed by atoms with E-state index in [0.29, 0.717) is 5.82 Å². The number of hydrogen-bond acceptors (Lipinski definition) is 4. The van der Waals surface area contributed by atoms with Crippen LogP contribution in [0.1, 0.15) is 37.3 Å². The van der Waals surface area contributed by atoms with Gasteiger partial charge in [-0.15, -0.1) is 0 Å². The lowest BCUT2D eigenvalue weighted by atomic mass is 9.87. The summed E-state index contributed by atoms with van der Waals surface area (Å²) >= 11 is 0. The standard InChI is InChI=1S/C25H30N4O2/c1-3-8-21(26-19-13-14-20-18(15-19)11-7-12-23(20)31-2)25(30)27-24-16-22(28-29-24)17-9-5-4-6-10-17/h4-7,9-12,16,19,21,26H,3,8,13-15H2,1-2H3,(H2,27,28,29,30)/t19?,21-/m0/s1. The van der Waals surface area contributed by atoms with Crippen LogP contribution in [0.2, 0.25) is 0 Å². The third kappa shape index (κ3) is 4.97. The maximum atomic E-state index is 13.0. The van der Waals surface area contributed by atoms with Gasteiger partial charge in [-0.25, -0.2) is 0 Å². The van der Waals surface area contributed by atoms with Gasteiger partial charge < -0.3 is 15.4 Å². The molecule has 1 heterocycles. The van der Waals surface area contributed by atoms with Gasteiger partial charge in [-0.2, -0.15) is 5.10 Å². The molecule has 2 atom stereocenters. The Labute approximate surface area is 183 Å². The zero-order valence-electron chi connectivity index (χ0n) is 18.2. The van der Waals surface area contributed by atoms with E-state index < -0.39 is 0 Å². The van der Waals surface area contributed by atoms with Gasteiger partial charge >= 0.3 is 0 Å². The molecule has 0 saturated heterocycles. The van der Waals surface area contributed by atoms with E-state index in [0.717, 1.165) is 49.1 Å². The van der Waals surface area contributed by atoms with Crippen LogP contribution < -0.4 is 15.4 Å². The van der Waals surface area contributed by atoms with Crippen molar-refractivity contribution in [3.63, 3.8) is 0 Å². The lowest BCUT2D eigenvalue weighted by Crippen LogP contribution is -2.47. The number of methoxy groups -OCH3 is 1. The van der Waals surface area contributed by atoms with Crippen molar-refractivity contribution in [2.24, 2.45) is 0 Å². The average molecular weight is 419 g/mol. The van der Waals surface area contributed by atoms with E-state index in [1.807, 2.05) is 48.5 Å². The quantitative estimate of drug-likeness (QED) is 0.508. The predicted octanol–water partition coefficient (Wildman–Crippen LogP) is 4.34. The number of carbonyl (C=O) groups excluding carboxylic acids is 1. The third-order valence-electron chi connectivity index (χ3n) is 5.90. The third-order valence-corrected chi connectivity index (χ3v) is 5.90. The van der Waals surface area contributed by atoms with Gasteiger partial charge in [0.05, 0.1) is 18.8 Å². The minimum atomic E-state index is -0.251. The first kappa shape index (κ1) is 21.1. The van der Waals surface area contributed by atoms with Crippen molar-refractivity contribution in [2.75, 3.05) is 12.4 Å². The van der Waals surface area contributed by atoms with E-state index in [1.165, 1.54) is 11.1 Å². The minimum Gasteiger partial charge on any atom is -0.496 e. The van der Waals surface area contributed by atoms with Gasteiger partial charge in [-0.3, -0.25) is 9.89 Å². The minimum absolute atomic E-state index is 0.0376. The van der Waals surface area contributed by atoms with Crippen LogP contribution in [0.5, 0.6) is 5.75 Å². The maximum Gasteiger partial charge on any atom is 0.242 e. The molecule has 0 radical (unpaired) electrons. The summed E-state index contributed by atoms with van der Waals surface area (Å²) in [6, 6.07) is 18.1. The molecule has 0 aliphatic heterocycles. The molecule has 1 aliphatic carbocycles. The Morgan fingerprint density at radius 3 is 2.84 bits per heavy atom. The number of ether oxygens (including phenoxy) is 1. The topological polar surface area (TPSA) is 79.0 Å². The average Bonchev–Trinajstić information content (AvgIpc) is 3.27. The van der Waals surface area contributed by atoms with Gasteiger partial charge in [-0.1, -0.05) is 55.8 Å². The van der Waals surface area contributed by atoms with Crippen molar-refractivity contribution in [2.45, 2.75) is 51.1 Å². The Balaban J connectivity index is 1.41. The van der Waals surface area contributed by atoms with Crippen molar-refractivity contribution < 1.29 is 9.53 Å². The Morgan fingerprint density at radius 2 is 2.06 bits per heavy atom. The van der Waals surface area contributed by atoms with E-state index >= 15 is 0 Å². The molecular formula is C25H30N4O2. The van der Waals surface area contributed by atoms with Crippen molar-refractivity contribution >= 4 is 11.7 Å². The summed E-state index contributed by atoms with van der Waals surface area (Å²) in [6.45, 7) is 2.10. The molecule has 3 aromatic rings. The number of benzene rings is 2. The highest BCUT2D eigenvalue weighted by Gasteiger charge is 2.26. The second-order valence-electron chi connectivity index (χ2n) is 8.07. The molecule has 1 amide bonds. The van der Waals surface area contributed by atoms with Crippen LogP contribution in [-0.4, -0.2) is 35.3 Å². The van der Waals surface area contributed by atoms with Gasteiger partial charge in [0.2, 0.25) is 5.91 Å². The lowest BCUT2D eigenvalue weighted by Gasteiger charge is -2.30. The fraction of sp³-hybridized carbons (Fsp3) is 0.360. The molecule has 0 saturated carbocycles. The van der Waals surface area contributed by atoms with Crippen LogP contribution in [0.3, 0.4) is 0 Å². The zero-order valence-corrected chi connectivity index (χ0v) is 18.2. The molecule has 1 unspecified atom stereocenters. The number of anilines is 1. The molecule has 6 heteroatoms. The normalized spacial score (nSPS) is 16.4. The highest BCUT2D eigenvalue weighted by atomic mass is 16.5. The summed E-state index contributed by atoms with van der Waals surface area (Å²) in [7, 11) is 1.72. The molecule has 3 N–H and O–H groups in total. The van der Waals surface area contributed by atoms with Gasteiger partial charge in [0.1, 0.15) is 5.75 Å². The summed E-state index contributed by atoms with van der Waals surface area (Å²) in [5, 5.41) is 13.9. The number of carbonyl (C=O) groups is 1.